The van der Waals surface area contributed by atoms with Crippen molar-refractivity contribution < 1.29 is 5.11 Å². The molecular formula is C9H20N2O. The van der Waals surface area contributed by atoms with E-state index in [0.717, 1.165) is 19.5 Å². The summed E-state index contributed by atoms with van der Waals surface area (Å²) in [5.74, 6) is 0. The van der Waals surface area contributed by atoms with Crippen molar-refractivity contribution in [3.8, 4) is 0 Å². The minimum Gasteiger partial charge on any atom is -0.391 e. The van der Waals surface area contributed by atoms with Gasteiger partial charge in [0.25, 0.3) is 0 Å². The molecule has 0 saturated carbocycles. The van der Waals surface area contributed by atoms with Crippen LogP contribution >= 0.6 is 0 Å². The molecule has 12 heavy (non-hydrogen) atoms. The van der Waals surface area contributed by atoms with Crippen molar-refractivity contribution in [1.82, 2.24) is 10.2 Å². The van der Waals surface area contributed by atoms with Crippen molar-refractivity contribution in [2.24, 2.45) is 0 Å². The standard InChI is InChI=1S/C9H20N2O/c1-7(2)11(3)8-6-10-5-4-9(8)12/h7-10,12H,4-6H2,1-3H3. The number of aliphatic hydroxyl groups is 1. The first kappa shape index (κ1) is 9.96. The first-order valence-electron chi connectivity index (χ1n) is 4.73. The minimum atomic E-state index is -0.154. The third kappa shape index (κ3) is 2.19. The van der Waals surface area contributed by atoms with Crippen LogP contribution in [-0.2, 0) is 0 Å². The largest absolute Gasteiger partial charge is 0.391 e. The van der Waals surface area contributed by atoms with E-state index < -0.39 is 0 Å². The van der Waals surface area contributed by atoms with Crippen LogP contribution in [0.4, 0.5) is 0 Å². The van der Waals surface area contributed by atoms with Gasteiger partial charge in [-0.05, 0) is 33.9 Å². The highest BCUT2D eigenvalue weighted by Crippen LogP contribution is 2.11. The molecule has 1 fully saturated rings. The molecule has 2 unspecified atom stereocenters. The predicted molar refractivity (Wildman–Crippen MR) is 50.2 cm³/mol. The zero-order valence-corrected chi connectivity index (χ0v) is 8.25. The summed E-state index contributed by atoms with van der Waals surface area (Å²) in [4.78, 5) is 2.23. The lowest BCUT2D eigenvalue weighted by molar-refractivity contribution is 0.0275. The summed E-state index contributed by atoms with van der Waals surface area (Å²) in [5, 5.41) is 13.0. The lowest BCUT2D eigenvalue weighted by Crippen LogP contribution is -2.54. The second-order valence-electron chi connectivity index (χ2n) is 3.89. The van der Waals surface area contributed by atoms with E-state index in [4.69, 9.17) is 0 Å². The van der Waals surface area contributed by atoms with Gasteiger partial charge in [-0.1, -0.05) is 0 Å². The van der Waals surface area contributed by atoms with Gasteiger partial charge in [0.05, 0.1) is 6.10 Å². The lowest BCUT2D eigenvalue weighted by atomic mass is 10.0. The monoisotopic (exact) mass is 172 g/mol. The number of aliphatic hydroxyl groups excluding tert-OH is 1. The normalized spacial score (nSPS) is 31.5. The Hall–Kier alpha value is -0.120. The highest BCUT2D eigenvalue weighted by atomic mass is 16.3. The number of nitrogens with one attached hydrogen (secondary N) is 1. The summed E-state index contributed by atoms with van der Waals surface area (Å²) in [5.41, 5.74) is 0. The third-order valence-electron chi connectivity index (χ3n) is 2.75. The molecule has 0 amide bonds. The molecular weight excluding hydrogens is 152 g/mol. The van der Waals surface area contributed by atoms with E-state index in [9.17, 15) is 5.11 Å². The smallest absolute Gasteiger partial charge is 0.0719 e. The van der Waals surface area contributed by atoms with Gasteiger partial charge in [-0.2, -0.15) is 0 Å². The summed E-state index contributed by atoms with van der Waals surface area (Å²) >= 11 is 0. The van der Waals surface area contributed by atoms with E-state index in [-0.39, 0.29) is 6.10 Å². The number of hydrogen-bond acceptors (Lipinski definition) is 3. The van der Waals surface area contributed by atoms with Gasteiger partial charge in [-0.15, -0.1) is 0 Å². The van der Waals surface area contributed by atoms with Crippen molar-refractivity contribution in [2.45, 2.75) is 38.5 Å². The van der Waals surface area contributed by atoms with Crippen LogP contribution in [0.3, 0.4) is 0 Å². The quantitative estimate of drug-likeness (QED) is 0.618. The Bertz CT molecular complexity index is 138. The molecule has 0 bridgehead atoms. The molecule has 72 valence electrons. The maximum absolute atomic E-state index is 9.71. The Morgan fingerprint density at radius 2 is 2.17 bits per heavy atom. The Morgan fingerprint density at radius 3 is 2.67 bits per heavy atom. The molecule has 0 radical (unpaired) electrons. The van der Waals surface area contributed by atoms with E-state index in [1.54, 1.807) is 0 Å². The van der Waals surface area contributed by atoms with Crippen molar-refractivity contribution in [2.75, 3.05) is 20.1 Å². The maximum atomic E-state index is 9.71. The van der Waals surface area contributed by atoms with Crippen LogP contribution in [0, 0.1) is 0 Å². The zero-order valence-electron chi connectivity index (χ0n) is 8.25. The molecule has 1 heterocycles. The van der Waals surface area contributed by atoms with Crippen LogP contribution in [0.2, 0.25) is 0 Å². The van der Waals surface area contributed by atoms with Crippen LogP contribution in [-0.4, -0.2) is 48.3 Å². The molecule has 3 nitrogen and oxygen atoms in total. The molecule has 2 atom stereocenters. The molecule has 2 N–H and O–H groups in total. The second kappa shape index (κ2) is 4.21. The molecule has 3 heteroatoms. The van der Waals surface area contributed by atoms with Crippen molar-refractivity contribution in [3.63, 3.8) is 0 Å². The number of hydrogen-bond donors (Lipinski definition) is 2. The summed E-state index contributed by atoms with van der Waals surface area (Å²) in [7, 11) is 2.07. The van der Waals surface area contributed by atoms with E-state index in [2.05, 4.69) is 31.1 Å². The molecule has 1 aliphatic heterocycles. The van der Waals surface area contributed by atoms with Crippen molar-refractivity contribution in [3.05, 3.63) is 0 Å². The second-order valence-corrected chi connectivity index (χ2v) is 3.89. The van der Waals surface area contributed by atoms with Gasteiger partial charge in [0.15, 0.2) is 0 Å². The summed E-state index contributed by atoms with van der Waals surface area (Å²) in [6, 6.07) is 0.795. The highest BCUT2D eigenvalue weighted by molar-refractivity contribution is 4.85. The maximum Gasteiger partial charge on any atom is 0.0719 e. The van der Waals surface area contributed by atoms with E-state index in [0.29, 0.717) is 12.1 Å². The van der Waals surface area contributed by atoms with Gasteiger partial charge in [0, 0.05) is 18.6 Å². The van der Waals surface area contributed by atoms with E-state index >= 15 is 0 Å². The molecule has 0 spiro atoms. The first-order chi connectivity index (χ1) is 5.63. The Labute approximate surface area is 74.8 Å². The Kier molecular flexibility index (Phi) is 3.50. The van der Waals surface area contributed by atoms with Crippen LogP contribution in [0.5, 0.6) is 0 Å². The first-order valence-corrected chi connectivity index (χ1v) is 4.73. The van der Waals surface area contributed by atoms with Crippen LogP contribution in [0.25, 0.3) is 0 Å². The fraction of sp³-hybridized carbons (Fsp3) is 1.00. The molecule has 0 aromatic rings. The summed E-state index contributed by atoms with van der Waals surface area (Å²) < 4.78 is 0. The van der Waals surface area contributed by atoms with Crippen LogP contribution < -0.4 is 5.32 Å². The average molecular weight is 172 g/mol. The van der Waals surface area contributed by atoms with E-state index in [1.165, 1.54) is 0 Å². The number of rotatable bonds is 2. The van der Waals surface area contributed by atoms with Crippen LogP contribution in [0.15, 0.2) is 0 Å². The minimum absolute atomic E-state index is 0.154. The van der Waals surface area contributed by atoms with Gasteiger partial charge in [0.2, 0.25) is 0 Å². The summed E-state index contributed by atoms with van der Waals surface area (Å²) in [6.45, 7) is 6.17. The van der Waals surface area contributed by atoms with Gasteiger partial charge < -0.3 is 10.4 Å². The number of likely N-dealkylation sites (N-methyl/N-ethyl adjacent to an activating group) is 1. The molecule has 0 aromatic heterocycles. The average Bonchev–Trinajstić information content (AvgIpc) is 2.04. The fourth-order valence-electron chi connectivity index (χ4n) is 1.63. The van der Waals surface area contributed by atoms with E-state index in [1.807, 2.05) is 0 Å². The van der Waals surface area contributed by atoms with Crippen LogP contribution in [0.1, 0.15) is 20.3 Å². The van der Waals surface area contributed by atoms with Gasteiger partial charge in [-0.25, -0.2) is 0 Å². The molecule has 0 aliphatic carbocycles. The summed E-state index contributed by atoms with van der Waals surface area (Å²) in [6.07, 6.45) is 0.723. The number of nitrogens with zero attached hydrogens (tertiary/aromatic N) is 1. The van der Waals surface area contributed by atoms with Gasteiger partial charge in [0.1, 0.15) is 0 Å². The molecule has 1 aliphatic rings. The van der Waals surface area contributed by atoms with Crippen molar-refractivity contribution >= 4 is 0 Å². The number of piperidine rings is 1. The predicted octanol–water partition coefficient (Wildman–Crippen LogP) is 0.0494. The van der Waals surface area contributed by atoms with Gasteiger partial charge >= 0.3 is 0 Å². The van der Waals surface area contributed by atoms with Gasteiger partial charge in [-0.3, -0.25) is 4.90 Å². The molecule has 0 aromatic carbocycles. The fourth-order valence-corrected chi connectivity index (χ4v) is 1.63. The molecule has 1 rings (SSSR count). The SMILES string of the molecule is CC(C)N(C)C1CNCCC1O. The molecule has 1 saturated heterocycles. The highest BCUT2D eigenvalue weighted by Gasteiger charge is 2.27. The Morgan fingerprint density at radius 1 is 1.50 bits per heavy atom. The lowest BCUT2D eigenvalue weighted by Gasteiger charge is -2.37. The topological polar surface area (TPSA) is 35.5 Å². The third-order valence-corrected chi connectivity index (χ3v) is 2.75. The van der Waals surface area contributed by atoms with Crippen molar-refractivity contribution in [1.29, 1.82) is 0 Å². The zero-order chi connectivity index (χ0) is 9.14. The Balaban J connectivity index is 2.47.